The van der Waals surface area contributed by atoms with Gasteiger partial charge in [-0.05, 0) is 20.3 Å². The van der Waals surface area contributed by atoms with E-state index in [0.29, 0.717) is 6.42 Å². The summed E-state index contributed by atoms with van der Waals surface area (Å²) in [7, 11) is 0. The lowest BCUT2D eigenvalue weighted by Gasteiger charge is -2.35. The molecule has 0 spiro atoms. The molecule has 2 amide bonds. The lowest BCUT2D eigenvalue weighted by molar-refractivity contribution is -0.160. The van der Waals surface area contributed by atoms with Crippen LogP contribution in [0.2, 0.25) is 0 Å². The molecular formula is C13H18N2O6. The lowest BCUT2D eigenvalue weighted by atomic mass is 9.75. The predicted molar refractivity (Wildman–Crippen MR) is 68.7 cm³/mol. The van der Waals surface area contributed by atoms with Gasteiger partial charge in [-0.15, -0.1) is 0 Å². The third-order valence-corrected chi connectivity index (χ3v) is 3.80. The van der Waals surface area contributed by atoms with Crippen LogP contribution in [0.4, 0.5) is 0 Å². The van der Waals surface area contributed by atoms with E-state index in [4.69, 9.17) is 9.47 Å². The average Bonchev–Trinajstić information content (AvgIpc) is 2.74. The van der Waals surface area contributed by atoms with Gasteiger partial charge in [0.1, 0.15) is 5.92 Å². The lowest BCUT2D eigenvalue weighted by Crippen LogP contribution is -2.66. The van der Waals surface area contributed by atoms with Gasteiger partial charge in [0.2, 0.25) is 11.4 Å². The number of ether oxygens (including phenoxy) is 2. The van der Waals surface area contributed by atoms with E-state index < -0.39 is 41.1 Å². The maximum Gasteiger partial charge on any atom is 0.342 e. The number of esters is 2. The number of hydrogen-bond donors (Lipinski definition) is 2. The first-order valence-corrected chi connectivity index (χ1v) is 6.93. The Morgan fingerprint density at radius 1 is 1.24 bits per heavy atom. The van der Waals surface area contributed by atoms with Gasteiger partial charge in [-0.3, -0.25) is 14.4 Å². The zero-order chi connectivity index (χ0) is 15.6. The first kappa shape index (κ1) is 15.3. The van der Waals surface area contributed by atoms with Gasteiger partial charge in [0.25, 0.3) is 5.91 Å². The second kappa shape index (κ2) is 5.71. The Balaban J connectivity index is 2.40. The largest absolute Gasteiger partial charge is 0.465 e. The Morgan fingerprint density at radius 2 is 1.90 bits per heavy atom. The van der Waals surface area contributed by atoms with Crippen molar-refractivity contribution in [3.63, 3.8) is 0 Å². The third-order valence-electron chi connectivity index (χ3n) is 3.80. The van der Waals surface area contributed by atoms with E-state index in [1.54, 1.807) is 13.8 Å². The minimum absolute atomic E-state index is 0.0700. The fourth-order valence-corrected chi connectivity index (χ4v) is 2.93. The average molecular weight is 298 g/mol. The molecule has 0 bridgehead atoms. The summed E-state index contributed by atoms with van der Waals surface area (Å²) in [6, 6.07) is 0. The fourth-order valence-electron chi connectivity index (χ4n) is 2.93. The van der Waals surface area contributed by atoms with Crippen LogP contribution >= 0.6 is 0 Å². The highest BCUT2D eigenvalue weighted by atomic mass is 16.5. The topological polar surface area (TPSA) is 111 Å². The first-order valence-electron chi connectivity index (χ1n) is 6.93. The van der Waals surface area contributed by atoms with Gasteiger partial charge in [0.15, 0.2) is 0 Å². The van der Waals surface area contributed by atoms with Gasteiger partial charge in [0, 0.05) is 12.5 Å². The van der Waals surface area contributed by atoms with Crippen LogP contribution in [0.3, 0.4) is 0 Å². The second-order valence-corrected chi connectivity index (χ2v) is 4.90. The number of rotatable bonds is 4. The molecule has 0 saturated carbocycles. The maximum atomic E-state index is 12.2. The summed E-state index contributed by atoms with van der Waals surface area (Å²) >= 11 is 0. The zero-order valence-corrected chi connectivity index (χ0v) is 11.9. The Morgan fingerprint density at radius 3 is 2.52 bits per heavy atom. The molecule has 116 valence electrons. The van der Waals surface area contributed by atoms with Crippen molar-refractivity contribution in [2.75, 3.05) is 19.8 Å². The summed E-state index contributed by atoms with van der Waals surface area (Å²) in [5.74, 6) is -4.84. The monoisotopic (exact) mass is 298 g/mol. The van der Waals surface area contributed by atoms with Crippen molar-refractivity contribution < 1.29 is 28.7 Å². The number of fused-ring (bicyclic) bond motifs is 1. The molecule has 2 rings (SSSR count). The molecule has 2 fully saturated rings. The summed E-state index contributed by atoms with van der Waals surface area (Å²) in [6.45, 7) is 3.70. The number of piperidine rings is 1. The molecule has 8 heteroatoms. The van der Waals surface area contributed by atoms with E-state index in [0.717, 1.165) is 0 Å². The Bertz CT molecular complexity index is 491. The van der Waals surface area contributed by atoms with E-state index in [-0.39, 0.29) is 19.8 Å². The van der Waals surface area contributed by atoms with Crippen LogP contribution in [0.1, 0.15) is 20.3 Å². The first-order chi connectivity index (χ1) is 9.98. The molecule has 21 heavy (non-hydrogen) atoms. The molecule has 2 aliphatic rings. The van der Waals surface area contributed by atoms with Crippen molar-refractivity contribution in [2.45, 2.75) is 25.8 Å². The molecule has 3 atom stereocenters. The van der Waals surface area contributed by atoms with Gasteiger partial charge in [-0.2, -0.15) is 0 Å². The molecule has 0 aliphatic carbocycles. The van der Waals surface area contributed by atoms with Crippen molar-refractivity contribution >= 4 is 23.8 Å². The number of carbonyl (C=O) groups is 4. The van der Waals surface area contributed by atoms with Gasteiger partial charge in [-0.25, -0.2) is 4.79 Å². The fraction of sp³-hybridized carbons (Fsp3) is 0.692. The van der Waals surface area contributed by atoms with Crippen LogP contribution in [0.5, 0.6) is 0 Å². The van der Waals surface area contributed by atoms with Crippen molar-refractivity contribution in [1.29, 1.82) is 0 Å². The molecule has 0 aromatic rings. The summed E-state index contributed by atoms with van der Waals surface area (Å²) < 4.78 is 9.81. The van der Waals surface area contributed by atoms with Crippen molar-refractivity contribution in [2.24, 2.45) is 11.8 Å². The van der Waals surface area contributed by atoms with Crippen LogP contribution in [0.25, 0.3) is 0 Å². The Labute approximate surface area is 121 Å². The predicted octanol–water partition coefficient (Wildman–Crippen LogP) is -1.27. The molecule has 0 aromatic carbocycles. The van der Waals surface area contributed by atoms with Crippen LogP contribution < -0.4 is 10.6 Å². The van der Waals surface area contributed by atoms with Crippen molar-refractivity contribution in [3.05, 3.63) is 0 Å². The number of carbonyl (C=O) groups excluding carboxylic acids is 4. The van der Waals surface area contributed by atoms with Crippen LogP contribution in [0, 0.1) is 11.8 Å². The third kappa shape index (κ3) is 2.24. The molecule has 0 aromatic heterocycles. The number of nitrogens with one attached hydrogen (secondary N) is 2. The molecule has 2 N–H and O–H groups in total. The zero-order valence-electron chi connectivity index (χ0n) is 11.9. The van der Waals surface area contributed by atoms with Gasteiger partial charge < -0.3 is 20.1 Å². The maximum absolute atomic E-state index is 12.2. The molecule has 2 aliphatic heterocycles. The Kier molecular flexibility index (Phi) is 4.15. The molecular weight excluding hydrogens is 280 g/mol. The smallest absolute Gasteiger partial charge is 0.342 e. The van der Waals surface area contributed by atoms with Gasteiger partial charge in [0.05, 0.1) is 13.2 Å². The normalized spacial score (nSPS) is 31.0. The molecule has 0 unspecified atom stereocenters. The molecule has 2 saturated heterocycles. The van der Waals surface area contributed by atoms with Crippen LogP contribution in [-0.4, -0.2) is 49.1 Å². The molecule has 0 radical (unpaired) electrons. The standard InChI is InChI=1S/C13H18N2O6/c1-3-20-10(17)8-7-5-6-14-11(18)13(7,15-9(8)16)12(19)21-4-2/h7-8H,3-6H2,1-2H3,(H,14,18)(H,15,16)/t7-,8-,13+/m1/s1. The Hall–Kier alpha value is -2.12. The highest BCUT2D eigenvalue weighted by molar-refractivity contribution is 6.16. The summed E-state index contributed by atoms with van der Waals surface area (Å²) in [4.78, 5) is 48.5. The van der Waals surface area contributed by atoms with E-state index in [1.807, 2.05) is 0 Å². The van der Waals surface area contributed by atoms with Gasteiger partial charge in [-0.1, -0.05) is 0 Å². The van der Waals surface area contributed by atoms with E-state index in [1.165, 1.54) is 0 Å². The summed E-state index contributed by atoms with van der Waals surface area (Å²) in [6.07, 6.45) is 0.312. The molecule has 2 heterocycles. The van der Waals surface area contributed by atoms with E-state index >= 15 is 0 Å². The van der Waals surface area contributed by atoms with Crippen molar-refractivity contribution in [3.8, 4) is 0 Å². The van der Waals surface area contributed by atoms with Crippen molar-refractivity contribution in [1.82, 2.24) is 10.6 Å². The number of hydrogen-bond acceptors (Lipinski definition) is 6. The number of amides is 2. The van der Waals surface area contributed by atoms with Crippen LogP contribution in [0.15, 0.2) is 0 Å². The molecule has 8 nitrogen and oxygen atoms in total. The highest BCUT2D eigenvalue weighted by Gasteiger charge is 2.66. The quantitative estimate of drug-likeness (QED) is 0.495. The van der Waals surface area contributed by atoms with Crippen LogP contribution in [-0.2, 0) is 28.7 Å². The summed E-state index contributed by atoms with van der Waals surface area (Å²) in [5.41, 5.74) is -1.83. The second-order valence-electron chi connectivity index (χ2n) is 4.90. The summed E-state index contributed by atoms with van der Waals surface area (Å²) in [5, 5.41) is 4.91. The van der Waals surface area contributed by atoms with E-state index in [2.05, 4.69) is 10.6 Å². The van der Waals surface area contributed by atoms with Gasteiger partial charge >= 0.3 is 11.9 Å². The minimum Gasteiger partial charge on any atom is -0.465 e. The highest BCUT2D eigenvalue weighted by Crippen LogP contribution is 2.39. The van der Waals surface area contributed by atoms with E-state index in [9.17, 15) is 19.2 Å². The SMILES string of the molecule is CCOC(=O)[C@H]1C(=O)N[C@]2(C(=O)OCC)C(=O)NCC[C@H]12. The minimum atomic E-state index is -1.83.